The lowest BCUT2D eigenvalue weighted by Crippen LogP contribution is -2.29. The molecule has 0 rings (SSSR count). The Labute approximate surface area is 511 Å². The molecule has 0 aromatic carbocycles. The van der Waals surface area contributed by atoms with Gasteiger partial charge < -0.3 is 20.1 Å². The molecule has 83 heavy (non-hydrogen) atoms. The van der Waals surface area contributed by atoms with E-state index in [0.29, 0.717) is 12.8 Å². The summed E-state index contributed by atoms with van der Waals surface area (Å²) in [5.74, 6) is -0.896. The van der Waals surface area contributed by atoms with Crippen LogP contribution in [0.5, 0.6) is 0 Å². The Morgan fingerprint density at radius 1 is 0.373 bits per heavy atom. The zero-order valence-electron chi connectivity index (χ0n) is 53.4. The van der Waals surface area contributed by atoms with E-state index in [0.717, 1.165) is 77.0 Å². The molecule has 9 nitrogen and oxygen atoms in total. The van der Waals surface area contributed by atoms with Gasteiger partial charge in [-0.15, -0.1) is 0 Å². The van der Waals surface area contributed by atoms with Gasteiger partial charge in [0.25, 0.3) is 0 Å². The van der Waals surface area contributed by atoms with Crippen LogP contribution in [-0.2, 0) is 32.7 Å². The lowest BCUT2D eigenvalue weighted by Gasteiger charge is -2.19. The second-order valence-corrected chi connectivity index (χ2v) is 23.8. The normalized spacial score (nSPS) is 13.7. The molecule has 0 aromatic heterocycles. The highest BCUT2D eigenvalue weighted by Gasteiger charge is 2.26. The highest BCUT2D eigenvalue weighted by molar-refractivity contribution is 7.47. The van der Waals surface area contributed by atoms with Crippen LogP contribution in [0.15, 0.2) is 122 Å². The van der Waals surface area contributed by atoms with Gasteiger partial charge in [0.1, 0.15) is 6.61 Å². The van der Waals surface area contributed by atoms with Crippen molar-refractivity contribution in [1.82, 2.24) is 0 Å². The molecule has 10 heteroatoms. The summed E-state index contributed by atoms with van der Waals surface area (Å²) < 4.78 is 33.1. The van der Waals surface area contributed by atoms with E-state index in [1.54, 1.807) is 0 Å². The minimum Gasteiger partial charge on any atom is -0.462 e. The van der Waals surface area contributed by atoms with Gasteiger partial charge in [0.2, 0.25) is 0 Å². The second kappa shape index (κ2) is 67.5. The molecule has 2 atom stereocenters. The Bertz CT molecular complexity index is 1770. The fourth-order valence-corrected chi connectivity index (χ4v) is 10.1. The number of unbranched alkanes of at least 4 members (excludes halogenated alkanes) is 30. The van der Waals surface area contributed by atoms with Gasteiger partial charge in [-0.25, -0.2) is 4.57 Å². The predicted octanol–water partition coefficient (Wildman–Crippen LogP) is 22.3. The number of phosphoric acid groups is 1. The van der Waals surface area contributed by atoms with E-state index >= 15 is 0 Å². The maximum absolute atomic E-state index is 12.7. The van der Waals surface area contributed by atoms with E-state index in [-0.39, 0.29) is 32.6 Å². The van der Waals surface area contributed by atoms with Crippen LogP contribution in [0.2, 0.25) is 0 Å². The fraction of sp³-hybridized carbons (Fsp3) is 0.699. The van der Waals surface area contributed by atoms with Crippen molar-refractivity contribution in [2.45, 2.75) is 302 Å². The number of rotatable bonds is 63. The Morgan fingerprint density at radius 3 is 1.04 bits per heavy atom. The topological polar surface area (TPSA) is 134 Å². The van der Waals surface area contributed by atoms with E-state index in [4.69, 9.17) is 24.3 Å². The summed E-state index contributed by atoms with van der Waals surface area (Å²) in [6.45, 7) is 3.58. The molecule has 0 spiro atoms. The van der Waals surface area contributed by atoms with E-state index in [1.807, 2.05) is 6.08 Å². The monoisotopic (exact) mass is 1180 g/mol. The van der Waals surface area contributed by atoms with Crippen LogP contribution < -0.4 is 5.73 Å². The molecule has 0 aliphatic rings. The Balaban J connectivity index is 3.98. The largest absolute Gasteiger partial charge is 0.472 e. The van der Waals surface area contributed by atoms with Crippen molar-refractivity contribution in [2.75, 3.05) is 26.4 Å². The molecule has 0 fully saturated rings. The van der Waals surface area contributed by atoms with Gasteiger partial charge in [0.15, 0.2) is 6.10 Å². The maximum Gasteiger partial charge on any atom is 0.472 e. The summed E-state index contributed by atoms with van der Waals surface area (Å²) in [5.41, 5.74) is 5.39. The summed E-state index contributed by atoms with van der Waals surface area (Å²) in [6.07, 6.45) is 94.5. The standard InChI is InChI=1S/C73H126NO8P/c1-3-5-7-9-11-13-15-17-19-21-23-25-27-29-31-33-34-35-36-38-39-41-43-45-47-49-51-53-55-57-59-61-63-65-72(75)79-69-71(70-81-83(77,78)80-68-67-74)82-73(76)66-64-62-60-58-56-54-52-50-48-46-44-42-40-37-32-30-28-26-24-22-20-18-16-14-12-10-8-6-4-2/h6,8,12,14,18,20-21,23-24,26,30,32,40,42,46,48,52,54,58,60,71H,3-5,7,9-11,13,15-17,19,22,25,27-29,31,33-39,41,43-45,47,49-51,53,55-57,59,61-70,74H2,1-2H3,(H,77,78)/b8-6-,14-12-,20-18-,23-21-,26-24-,32-30-,42-40-,48-46-,54-52-,60-58-. The molecule has 3 N–H and O–H groups in total. The number of carbonyl (C=O) groups is 2. The van der Waals surface area contributed by atoms with Crippen molar-refractivity contribution in [1.29, 1.82) is 0 Å². The maximum atomic E-state index is 12.7. The Morgan fingerprint density at radius 2 is 0.675 bits per heavy atom. The molecule has 0 saturated carbocycles. The lowest BCUT2D eigenvalue weighted by molar-refractivity contribution is -0.161. The number of allylic oxidation sites excluding steroid dienone is 20. The van der Waals surface area contributed by atoms with Gasteiger partial charge in [0.05, 0.1) is 13.2 Å². The Kier molecular flexibility index (Phi) is 64.6. The van der Waals surface area contributed by atoms with Crippen molar-refractivity contribution in [3.63, 3.8) is 0 Å². The number of esters is 2. The Hall–Kier alpha value is -3.59. The SMILES string of the molecule is CC/C=C\C/C=C\C/C=C\C/C=C\C/C=C\C/C=C\C/C=C\C/C=C\C/C=C\CCCC(=O)OC(COC(=O)CCCCCCCCCCCCCCCCCCCCCCC/C=C\CCCCCCCCCC)COP(=O)(O)OCCN. The third kappa shape index (κ3) is 67.4. The number of phosphoric ester groups is 1. The molecule has 0 bridgehead atoms. The van der Waals surface area contributed by atoms with Crippen molar-refractivity contribution in [3.05, 3.63) is 122 Å². The van der Waals surface area contributed by atoms with Gasteiger partial charge >= 0.3 is 19.8 Å². The third-order valence-corrected chi connectivity index (χ3v) is 15.3. The highest BCUT2D eigenvalue weighted by atomic mass is 31.2. The second-order valence-electron chi connectivity index (χ2n) is 22.3. The quantitative estimate of drug-likeness (QED) is 0.0264. The van der Waals surface area contributed by atoms with Gasteiger partial charge in [0, 0.05) is 19.4 Å². The highest BCUT2D eigenvalue weighted by Crippen LogP contribution is 2.43. The molecule has 476 valence electrons. The van der Waals surface area contributed by atoms with Crippen LogP contribution in [0.3, 0.4) is 0 Å². The first-order chi connectivity index (χ1) is 40.8. The van der Waals surface area contributed by atoms with Crippen LogP contribution in [-0.4, -0.2) is 49.3 Å². The average molecular weight is 1180 g/mol. The minimum absolute atomic E-state index is 0.0389. The van der Waals surface area contributed by atoms with Gasteiger partial charge in [-0.05, 0) is 103 Å². The van der Waals surface area contributed by atoms with Crippen molar-refractivity contribution in [2.24, 2.45) is 5.73 Å². The van der Waals surface area contributed by atoms with E-state index < -0.39 is 32.5 Å². The summed E-state index contributed by atoms with van der Waals surface area (Å²) in [6, 6.07) is 0. The van der Waals surface area contributed by atoms with Gasteiger partial charge in [-0.1, -0.05) is 302 Å². The first-order valence-electron chi connectivity index (χ1n) is 34.0. The molecule has 0 radical (unpaired) electrons. The van der Waals surface area contributed by atoms with Crippen molar-refractivity contribution < 1.29 is 37.6 Å². The van der Waals surface area contributed by atoms with Crippen molar-refractivity contribution >= 4 is 19.8 Å². The molecule has 0 saturated heterocycles. The van der Waals surface area contributed by atoms with Crippen LogP contribution >= 0.6 is 7.82 Å². The number of ether oxygens (including phenoxy) is 2. The molecule has 0 aliphatic carbocycles. The van der Waals surface area contributed by atoms with Gasteiger partial charge in [-0.3, -0.25) is 18.6 Å². The van der Waals surface area contributed by atoms with Crippen molar-refractivity contribution in [3.8, 4) is 0 Å². The lowest BCUT2D eigenvalue weighted by atomic mass is 10.0. The summed E-state index contributed by atoms with van der Waals surface area (Å²) in [5, 5.41) is 0. The van der Waals surface area contributed by atoms with Crippen LogP contribution in [0.1, 0.15) is 296 Å². The molecule has 0 heterocycles. The molecule has 0 aliphatic heterocycles. The summed E-state index contributed by atoms with van der Waals surface area (Å²) >= 11 is 0. The van der Waals surface area contributed by atoms with E-state index in [9.17, 15) is 19.0 Å². The number of hydrogen-bond donors (Lipinski definition) is 2. The predicted molar refractivity (Wildman–Crippen MR) is 358 cm³/mol. The fourth-order valence-electron chi connectivity index (χ4n) is 9.34. The van der Waals surface area contributed by atoms with Gasteiger partial charge in [-0.2, -0.15) is 0 Å². The molecular formula is C73H126NO8P. The zero-order chi connectivity index (χ0) is 60.1. The average Bonchev–Trinajstić information content (AvgIpc) is 3.49. The number of hydrogen-bond acceptors (Lipinski definition) is 8. The smallest absolute Gasteiger partial charge is 0.462 e. The zero-order valence-corrected chi connectivity index (χ0v) is 54.3. The molecule has 0 amide bonds. The summed E-state index contributed by atoms with van der Waals surface area (Å²) in [4.78, 5) is 35.3. The number of nitrogens with two attached hydrogens (primary N) is 1. The van der Waals surface area contributed by atoms with E-state index in [1.165, 1.54) is 180 Å². The van der Waals surface area contributed by atoms with Crippen LogP contribution in [0, 0.1) is 0 Å². The first-order valence-corrected chi connectivity index (χ1v) is 35.5. The van der Waals surface area contributed by atoms with Crippen LogP contribution in [0.25, 0.3) is 0 Å². The summed E-state index contributed by atoms with van der Waals surface area (Å²) in [7, 11) is -4.42. The molecule has 2 unspecified atom stereocenters. The molecule has 0 aromatic rings. The molecular weight excluding hydrogens is 1050 g/mol. The first kappa shape index (κ1) is 79.4. The third-order valence-electron chi connectivity index (χ3n) is 14.3. The van der Waals surface area contributed by atoms with Crippen LogP contribution in [0.4, 0.5) is 0 Å². The minimum atomic E-state index is -4.42. The number of carbonyl (C=O) groups excluding carboxylic acids is 2. The van der Waals surface area contributed by atoms with E-state index in [2.05, 4.69) is 129 Å².